The van der Waals surface area contributed by atoms with E-state index >= 15 is 0 Å². The first kappa shape index (κ1) is 14.2. The first-order valence-corrected chi connectivity index (χ1v) is 6.87. The molecule has 0 aromatic carbocycles. The Balaban J connectivity index is 2.87. The van der Waals surface area contributed by atoms with Crippen molar-refractivity contribution in [3.8, 4) is 0 Å². The molecule has 7 nitrogen and oxygen atoms in total. The summed E-state index contributed by atoms with van der Waals surface area (Å²) in [6.07, 6.45) is 2.30. The predicted octanol–water partition coefficient (Wildman–Crippen LogP) is -0.209. The first-order valence-electron chi connectivity index (χ1n) is 5.43. The Hall–Kier alpha value is -0.860. The molecule has 8 heteroatoms. The molecule has 0 saturated heterocycles. The number of likely N-dealkylation sites (N-methyl/N-ethyl adjacent to an activating group) is 1. The summed E-state index contributed by atoms with van der Waals surface area (Å²) < 4.78 is 31.1. The number of nitrogens with two attached hydrogens (primary N) is 1. The number of carbonyl (C=O) groups is 1. The summed E-state index contributed by atoms with van der Waals surface area (Å²) in [4.78, 5) is 11.0. The molecule has 1 amide bonds. The third-order valence-corrected chi connectivity index (χ3v) is 4.87. The number of nitrogens with zero attached hydrogens (tertiary/aromatic N) is 1. The maximum absolute atomic E-state index is 11.9. The van der Waals surface area contributed by atoms with Crippen LogP contribution in [0.4, 0.5) is 4.79 Å². The number of nitrogens with one attached hydrogen (secondary N) is 1. The Morgan fingerprint density at radius 2 is 2.00 bits per heavy atom. The highest BCUT2D eigenvalue weighted by atomic mass is 32.2. The van der Waals surface area contributed by atoms with Gasteiger partial charge in [-0.2, -0.15) is 12.7 Å². The molecule has 0 heterocycles. The monoisotopic (exact) mass is 265 g/mol. The lowest BCUT2D eigenvalue weighted by Gasteiger charge is -2.36. The highest BCUT2D eigenvalue weighted by molar-refractivity contribution is 7.87. The number of ether oxygens (including phenoxy) is 1. The summed E-state index contributed by atoms with van der Waals surface area (Å²) in [5.74, 6) is 0. The summed E-state index contributed by atoms with van der Waals surface area (Å²) >= 11 is 0. The zero-order valence-electron chi connectivity index (χ0n) is 10.1. The van der Waals surface area contributed by atoms with Gasteiger partial charge in [0, 0.05) is 19.1 Å². The molecule has 1 aliphatic rings. The fourth-order valence-corrected chi connectivity index (χ4v) is 3.35. The maximum atomic E-state index is 11.9. The lowest BCUT2D eigenvalue weighted by atomic mass is 9.98. The minimum Gasteiger partial charge on any atom is -0.452 e. The topological polar surface area (TPSA) is 102 Å². The highest BCUT2D eigenvalue weighted by Crippen LogP contribution is 2.34. The van der Waals surface area contributed by atoms with Crippen LogP contribution in [0.5, 0.6) is 0 Å². The molecule has 0 aromatic heterocycles. The third-order valence-electron chi connectivity index (χ3n) is 3.34. The van der Waals surface area contributed by atoms with Gasteiger partial charge in [0.2, 0.25) is 0 Å². The largest absolute Gasteiger partial charge is 0.452 e. The van der Waals surface area contributed by atoms with Gasteiger partial charge >= 0.3 is 16.3 Å². The number of rotatable bonds is 4. The number of amides is 1. The SMILES string of the molecule is COC(=O)NS(=O)(=O)N(C)C1(CN)CCCC1. The van der Waals surface area contributed by atoms with Crippen LogP contribution in [-0.4, -0.2) is 45.1 Å². The number of methoxy groups -OCH3 is 1. The fourth-order valence-electron chi connectivity index (χ4n) is 2.15. The average molecular weight is 265 g/mol. The minimum absolute atomic E-state index is 0.242. The van der Waals surface area contributed by atoms with Crippen molar-refractivity contribution < 1.29 is 17.9 Å². The molecule has 0 aliphatic heterocycles. The van der Waals surface area contributed by atoms with E-state index in [1.807, 2.05) is 4.72 Å². The Labute approximate surface area is 101 Å². The second-order valence-corrected chi connectivity index (χ2v) is 5.90. The van der Waals surface area contributed by atoms with Crippen molar-refractivity contribution in [3.05, 3.63) is 0 Å². The second-order valence-electron chi connectivity index (χ2n) is 4.20. The quantitative estimate of drug-likeness (QED) is 0.732. The first-order chi connectivity index (χ1) is 7.88. The molecular weight excluding hydrogens is 246 g/mol. The maximum Gasteiger partial charge on any atom is 0.421 e. The summed E-state index contributed by atoms with van der Waals surface area (Å²) in [6.45, 7) is 0.242. The molecule has 1 fully saturated rings. The van der Waals surface area contributed by atoms with Crippen molar-refractivity contribution in [3.63, 3.8) is 0 Å². The molecule has 3 N–H and O–H groups in total. The van der Waals surface area contributed by atoms with Crippen LogP contribution in [0.2, 0.25) is 0 Å². The number of carbonyl (C=O) groups excluding carboxylic acids is 1. The molecule has 0 aromatic rings. The minimum atomic E-state index is -3.90. The van der Waals surface area contributed by atoms with Crippen LogP contribution in [0.25, 0.3) is 0 Å². The Kier molecular flexibility index (Phi) is 4.34. The lowest BCUT2D eigenvalue weighted by Crippen LogP contribution is -2.56. The van der Waals surface area contributed by atoms with Crippen molar-refractivity contribution in [2.24, 2.45) is 5.73 Å². The van der Waals surface area contributed by atoms with Gasteiger partial charge in [-0.25, -0.2) is 9.52 Å². The zero-order valence-corrected chi connectivity index (χ0v) is 10.9. The summed E-state index contributed by atoms with van der Waals surface area (Å²) in [7, 11) is -1.35. The van der Waals surface area contributed by atoms with Crippen molar-refractivity contribution in [1.29, 1.82) is 0 Å². The smallest absolute Gasteiger partial charge is 0.421 e. The van der Waals surface area contributed by atoms with Crippen molar-refractivity contribution in [2.45, 2.75) is 31.2 Å². The van der Waals surface area contributed by atoms with Gasteiger partial charge < -0.3 is 10.5 Å². The molecule has 0 atom stereocenters. The van der Waals surface area contributed by atoms with Crippen LogP contribution < -0.4 is 10.5 Å². The molecular formula is C9H19N3O4S. The van der Waals surface area contributed by atoms with E-state index in [1.54, 1.807) is 0 Å². The van der Waals surface area contributed by atoms with Gasteiger partial charge in [-0.3, -0.25) is 0 Å². The fraction of sp³-hybridized carbons (Fsp3) is 0.889. The summed E-state index contributed by atoms with van der Waals surface area (Å²) in [6, 6.07) is 0. The normalized spacial score (nSPS) is 19.3. The lowest BCUT2D eigenvalue weighted by molar-refractivity contribution is 0.174. The van der Waals surface area contributed by atoms with E-state index in [4.69, 9.17) is 5.73 Å². The molecule has 1 rings (SSSR count). The van der Waals surface area contributed by atoms with E-state index in [0.717, 1.165) is 24.3 Å². The molecule has 17 heavy (non-hydrogen) atoms. The van der Waals surface area contributed by atoms with Crippen LogP contribution in [-0.2, 0) is 14.9 Å². The van der Waals surface area contributed by atoms with Gasteiger partial charge in [0.1, 0.15) is 0 Å². The van der Waals surface area contributed by atoms with Gasteiger partial charge in [0.25, 0.3) is 0 Å². The molecule has 1 saturated carbocycles. The third kappa shape index (κ3) is 2.88. The molecule has 0 unspecified atom stereocenters. The van der Waals surface area contributed by atoms with E-state index in [2.05, 4.69) is 4.74 Å². The van der Waals surface area contributed by atoms with Crippen LogP contribution in [0.3, 0.4) is 0 Å². The number of hydrogen-bond acceptors (Lipinski definition) is 5. The Morgan fingerprint density at radius 1 is 1.47 bits per heavy atom. The second kappa shape index (κ2) is 5.19. The standard InChI is InChI=1S/C9H19N3O4S/c1-12(9(7-10)5-3-4-6-9)17(14,15)11-8(13)16-2/h3-7,10H2,1-2H3,(H,11,13). The van der Waals surface area contributed by atoms with Gasteiger partial charge in [-0.1, -0.05) is 12.8 Å². The number of hydrogen-bond donors (Lipinski definition) is 2. The molecule has 0 bridgehead atoms. The molecule has 0 radical (unpaired) electrons. The average Bonchev–Trinajstić information content (AvgIpc) is 2.77. The summed E-state index contributed by atoms with van der Waals surface area (Å²) in [5, 5.41) is 0. The van der Waals surface area contributed by atoms with Gasteiger partial charge in [0.05, 0.1) is 7.11 Å². The van der Waals surface area contributed by atoms with Crippen molar-refractivity contribution in [2.75, 3.05) is 20.7 Å². The van der Waals surface area contributed by atoms with Gasteiger partial charge in [0.15, 0.2) is 0 Å². The van der Waals surface area contributed by atoms with Gasteiger partial charge in [-0.15, -0.1) is 0 Å². The van der Waals surface area contributed by atoms with E-state index in [9.17, 15) is 13.2 Å². The van der Waals surface area contributed by atoms with Crippen LogP contribution in [0, 0.1) is 0 Å². The van der Waals surface area contributed by atoms with E-state index in [0.29, 0.717) is 12.8 Å². The Bertz CT molecular complexity index is 376. The van der Waals surface area contributed by atoms with Crippen molar-refractivity contribution in [1.82, 2.24) is 9.03 Å². The van der Waals surface area contributed by atoms with Crippen LogP contribution in [0.1, 0.15) is 25.7 Å². The summed E-state index contributed by atoms with van der Waals surface area (Å²) in [5.41, 5.74) is 5.10. The van der Waals surface area contributed by atoms with E-state index in [1.165, 1.54) is 7.05 Å². The van der Waals surface area contributed by atoms with Crippen LogP contribution in [0.15, 0.2) is 0 Å². The van der Waals surface area contributed by atoms with E-state index in [-0.39, 0.29) is 6.54 Å². The molecule has 1 aliphatic carbocycles. The Morgan fingerprint density at radius 3 is 2.41 bits per heavy atom. The molecule has 0 spiro atoms. The van der Waals surface area contributed by atoms with E-state index < -0.39 is 21.8 Å². The highest BCUT2D eigenvalue weighted by Gasteiger charge is 2.42. The van der Waals surface area contributed by atoms with Crippen LogP contribution >= 0.6 is 0 Å². The van der Waals surface area contributed by atoms with Crippen molar-refractivity contribution >= 4 is 16.3 Å². The molecule has 100 valence electrons. The predicted molar refractivity (Wildman–Crippen MR) is 62.5 cm³/mol. The van der Waals surface area contributed by atoms with Gasteiger partial charge in [-0.05, 0) is 12.8 Å². The zero-order chi connectivity index (χ0) is 13.1.